The average Bonchev–Trinajstić information content (AvgIpc) is 3.07. The van der Waals surface area contributed by atoms with Crippen molar-refractivity contribution >= 4 is 11.8 Å². The molecule has 1 aliphatic heterocycles. The molecule has 0 radical (unpaired) electrons. The molecule has 0 bridgehead atoms. The van der Waals surface area contributed by atoms with Gasteiger partial charge in [-0.25, -0.2) is 0 Å². The summed E-state index contributed by atoms with van der Waals surface area (Å²) in [5, 5.41) is 0. The number of carbonyl (C=O) groups excluding carboxylic acids is 2. The standard InChI is InChI=1S/C25H25NO5/c1-16-14-20(17(2)26(16)12-13-29-3)21(27)15-30-25(28)24-18-8-4-6-10-22(18)31-23-11-7-5-9-19(23)24/h4-11,14,24H,12-13,15H2,1-3H3. The van der Waals surface area contributed by atoms with Crippen LogP contribution in [0.2, 0.25) is 0 Å². The Hall–Kier alpha value is -3.38. The second-order valence-electron chi connectivity index (χ2n) is 7.57. The van der Waals surface area contributed by atoms with Crippen LogP contribution < -0.4 is 4.74 Å². The molecule has 0 atom stereocenters. The number of methoxy groups -OCH3 is 1. The van der Waals surface area contributed by atoms with E-state index in [1.807, 2.05) is 73.0 Å². The number of ether oxygens (including phenoxy) is 3. The maximum Gasteiger partial charge on any atom is 0.318 e. The molecule has 4 rings (SSSR count). The first kappa shape index (κ1) is 20.9. The number of carbonyl (C=O) groups is 2. The lowest BCUT2D eigenvalue weighted by Gasteiger charge is -2.26. The Balaban J connectivity index is 1.53. The molecule has 0 fully saturated rings. The zero-order valence-electron chi connectivity index (χ0n) is 17.9. The van der Waals surface area contributed by atoms with Crippen LogP contribution in [0.25, 0.3) is 0 Å². The molecule has 0 spiro atoms. The van der Waals surface area contributed by atoms with E-state index in [2.05, 4.69) is 0 Å². The van der Waals surface area contributed by atoms with Gasteiger partial charge in [0.2, 0.25) is 5.78 Å². The van der Waals surface area contributed by atoms with Crippen molar-refractivity contribution < 1.29 is 23.8 Å². The summed E-state index contributed by atoms with van der Waals surface area (Å²) in [4.78, 5) is 25.9. The number of benzene rings is 2. The molecule has 6 nitrogen and oxygen atoms in total. The number of nitrogens with zero attached hydrogens (tertiary/aromatic N) is 1. The van der Waals surface area contributed by atoms with Gasteiger partial charge in [-0.15, -0.1) is 0 Å². The Morgan fingerprint density at radius 2 is 1.61 bits per heavy atom. The molecule has 1 aromatic heterocycles. The fourth-order valence-corrected chi connectivity index (χ4v) is 4.07. The number of ketones is 1. The van der Waals surface area contributed by atoms with Gasteiger partial charge in [-0.1, -0.05) is 36.4 Å². The summed E-state index contributed by atoms with van der Waals surface area (Å²) in [7, 11) is 1.65. The topological polar surface area (TPSA) is 66.8 Å². The molecule has 160 valence electrons. The number of aromatic nitrogens is 1. The van der Waals surface area contributed by atoms with E-state index >= 15 is 0 Å². The largest absolute Gasteiger partial charge is 0.457 e. The average molecular weight is 419 g/mol. The van der Waals surface area contributed by atoms with Crippen LogP contribution in [-0.4, -0.2) is 36.6 Å². The molecular weight excluding hydrogens is 394 g/mol. The van der Waals surface area contributed by atoms with Crippen LogP contribution >= 0.6 is 0 Å². The lowest BCUT2D eigenvalue weighted by Crippen LogP contribution is -2.24. The highest BCUT2D eigenvalue weighted by molar-refractivity contribution is 5.99. The van der Waals surface area contributed by atoms with E-state index in [4.69, 9.17) is 14.2 Å². The van der Waals surface area contributed by atoms with E-state index in [0.717, 1.165) is 22.5 Å². The van der Waals surface area contributed by atoms with Crippen LogP contribution in [0.5, 0.6) is 11.5 Å². The second kappa shape index (κ2) is 8.78. The third-order valence-corrected chi connectivity index (χ3v) is 5.65. The molecule has 1 aliphatic rings. The third-order valence-electron chi connectivity index (χ3n) is 5.65. The first-order chi connectivity index (χ1) is 15.0. The summed E-state index contributed by atoms with van der Waals surface area (Å²) in [5.74, 6) is -0.0844. The number of hydrogen-bond acceptors (Lipinski definition) is 5. The normalized spacial score (nSPS) is 12.6. The van der Waals surface area contributed by atoms with Crippen molar-refractivity contribution in [2.24, 2.45) is 0 Å². The first-order valence-corrected chi connectivity index (χ1v) is 10.2. The van der Waals surface area contributed by atoms with Crippen molar-refractivity contribution in [2.75, 3.05) is 20.3 Å². The SMILES string of the molecule is COCCn1c(C)cc(C(=O)COC(=O)C2c3ccccc3Oc3ccccc32)c1C. The Morgan fingerprint density at radius 1 is 1.00 bits per heavy atom. The summed E-state index contributed by atoms with van der Waals surface area (Å²) in [6.07, 6.45) is 0. The molecule has 2 heterocycles. The number of aryl methyl sites for hydroxylation is 1. The smallest absolute Gasteiger partial charge is 0.318 e. The molecule has 31 heavy (non-hydrogen) atoms. The predicted octanol–water partition coefficient (Wildman–Crippen LogP) is 4.42. The van der Waals surface area contributed by atoms with Crippen molar-refractivity contribution in [1.82, 2.24) is 4.57 Å². The molecule has 0 aliphatic carbocycles. The van der Waals surface area contributed by atoms with Gasteiger partial charge < -0.3 is 18.8 Å². The fourth-order valence-electron chi connectivity index (χ4n) is 4.07. The monoisotopic (exact) mass is 419 g/mol. The van der Waals surface area contributed by atoms with Crippen molar-refractivity contribution in [3.05, 3.63) is 82.7 Å². The Kier molecular flexibility index (Phi) is 5.91. The van der Waals surface area contributed by atoms with Gasteiger partial charge in [0.15, 0.2) is 6.61 Å². The van der Waals surface area contributed by atoms with Crippen molar-refractivity contribution in [3.63, 3.8) is 0 Å². The third kappa shape index (κ3) is 3.99. The molecule has 2 aromatic carbocycles. The van der Waals surface area contributed by atoms with Gasteiger partial charge in [-0.3, -0.25) is 9.59 Å². The van der Waals surface area contributed by atoms with Gasteiger partial charge in [-0.2, -0.15) is 0 Å². The minimum atomic E-state index is -0.636. The van der Waals surface area contributed by atoms with Gasteiger partial charge >= 0.3 is 5.97 Å². The number of hydrogen-bond donors (Lipinski definition) is 0. The van der Waals surface area contributed by atoms with Gasteiger partial charge in [0, 0.05) is 41.7 Å². The zero-order chi connectivity index (χ0) is 22.0. The Labute approximate surface area is 181 Å². The Morgan fingerprint density at radius 3 is 2.23 bits per heavy atom. The summed E-state index contributed by atoms with van der Waals surface area (Å²) < 4.78 is 18.6. The number of esters is 1. The van der Waals surface area contributed by atoms with Gasteiger partial charge in [0.05, 0.1) is 6.61 Å². The van der Waals surface area contributed by atoms with Gasteiger partial charge in [0.1, 0.15) is 17.4 Å². The minimum absolute atomic E-state index is 0.223. The highest BCUT2D eigenvalue weighted by Crippen LogP contribution is 2.44. The van der Waals surface area contributed by atoms with E-state index in [0.29, 0.717) is 30.2 Å². The second-order valence-corrected chi connectivity index (χ2v) is 7.57. The van der Waals surface area contributed by atoms with Gasteiger partial charge in [-0.05, 0) is 32.0 Å². The summed E-state index contributed by atoms with van der Waals surface area (Å²) >= 11 is 0. The molecule has 6 heteroatoms. The molecule has 0 unspecified atom stereocenters. The van der Waals surface area contributed by atoms with Crippen molar-refractivity contribution in [1.29, 1.82) is 0 Å². The maximum atomic E-state index is 13.1. The van der Waals surface area contributed by atoms with Crippen molar-refractivity contribution in [3.8, 4) is 11.5 Å². The van der Waals surface area contributed by atoms with Crippen LogP contribution in [0.1, 0.15) is 38.8 Å². The van der Waals surface area contributed by atoms with Crippen LogP contribution in [-0.2, 0) is 20.8 Å². The molecule has 3 aromatic rings. The van der Waals surface area contributed by atoms with E-state index in [1.54, 1.807) is 7.11 Å². The number of fused-ring (bicyclic) bond motifs is 2. The van der Waals surface area contributed by atoms with Crippen LogP contribution in [0.3, 0.4) is 0 Å². The van der Waals surface area contributed by atoms with Gasteiger partial charge in [0.25, 0.3) is 0 Å². The molecule has 0 N–H and O–H groups in total. The summed E-state index contributed by atoms with van der Waals surface area (Å²) in [6.45, 7) is 4.75. The highest BCUT2D eigenvalue weighted by atomic mass is 16.5. The molecular formula is C25H25NO5. The van der Waals surface area contributed by atoms with E-state index in [1.165, 1.54) is 0 Å². The fraction of sp³-hybridized carbons (Fsp3) is 0.280. The Bertz CT molecular complexity index is 1090. The first-order valence-electron chi connectivity index (χ1n) is 10.2. The van der Waals surface area contributed by atoms with Crippen LogP contribution in [0, 0.1) is 13.8 Å². The summed E-state index contributed by atoms with van der Waals surface area (Å²) in [6, 6.07) is 16.6. The highest BCUT2D eigenvalue weighted by Gasteiger charge is 2.34. The van der Waals surface area contributed by atoms with Crippen LogP contribution in [0.15, 0.2) is 54.6 Å². The van der Waals surface area contributed by atoms with Crippen molar-refractivity contribution in [2.45, 2.75) is 26.3 Å². The summed E-state index contributed by atoms with van der Waals surface area (Å²) in [5.41, 5.74) is 3.84. The predicted molar refractivity (Wildman–Crippen MR) is 116 cm³/mol. The lowest BCUT2D eigenvalue weighted by molar-refractivity contribution is -0.143. The number of Topliss-reactive ketones (excluding diaryl/α,β-unsaturated/α-hetero) is 1. The van der Waals surface area contributed by atoms with E-state index in [-0.39, 0.29) is 12.4 Å². The van der Waals surface area contributed by atoms with Crippen LogP contribution in [0.4, 0.5) is 0 Å². The molecule has 0 saturated carbocycles. The molecule has 0 saturated heterocycles. The lowest BCUT2D eigenvalue weighted by atomic mass is 9.88. The minimum Gasteiger partial charge on any atom is -0.457 e. The zero-order valence-corrected chi connectivity index (χ0v) is 17.9. The van der Waals surface area contributed by atoms with E-state index in [9.17, 15) is 9.59 Å². The molecule has 0 amide bonds. The maximum absolute atomic E-state index is 13.1. The van der Waals surface area contributed by atoms with E-state index < -0.39 is 11.9 Å². The quantitative estimate of drug-likeness (QED) is 0.419. The number of rotatable bonds is 7. The number of para-hydroxylation sites is 2.